The zero-order valence-corrected chi connectivity index (χ0v) is 12.9. The number of nitriles is 1. The number of likely N-dealkylation sites (tertiary alicyclic amines) is 1. The Bertz CT molecular complexity index is 554. The lowest BCUT2D eigenvalue weighted by atomic mass is 9.88. The fraction of sp³-hybridized carbons (Fsp3) is 0.500. The van der Waals surface area contributed by atoms with Crippen molar-refractivity contribution in [2.75, 3.05) is 32.5 Å². The van der Waals surface area contributed by atoms with Gasteiger partial charge >= 0.3 is 6.03 Å². The highest BCUT2D eigenvalue weighted by Crippen LogP contribution is 2.28. The molecule has 0 spiro atoms. The minimum Gasteiger partial charge on any atom is -0.367 e. The van der Waals surface area contributed by atoms with Crippen LogP contribution in [-0.4, -0.2) is 48.6 Å². The third-order valence-electron chi connectivity index (χ3n) is 4.00. The molecule has 2 amide bonds. The number of para-hydroxylation sites is 1. The zero-order valence-electron chi connectivity index (χ0n) is 12.9. The molecular weight excluding hydrogens is 264 g/mol. The van der Waals surface area contributed by atoms with E-state index in [1.807, 2.05) is 31.2 Å². The Balaban J connectivity index is 2.07. The quantitative estimate of drug-likeness (QED) is 0.908. The van der Waals surface area contributed by atoms with Crippen molar-refractivity contribution in [2.24, 2.45) is 0 Å². The largest absolute Gasteiger partial charge is 0.367 e. The van der Waals surface area contributed by atoms with Crippen molar-refractivity contribution >= 4 is 11.7 Å². The molecule has 0 bridgehead atoms. The Morgan fingerprint density at radius 2 is 1.95 bits per heavy atom. The van der Waals surface area contributed by atoms with Crippen LogP contribution in [0.2, 0.25) is 0 Å². The summed E-state index contributed by atoms with van der Waals surface area (Å²) < 4.78 is 0. The first-order chi connectivity index (χ1) is 9.97. The summed E-state index contributed by atoms with van der Waals surface area (Å²) in [7, 11) is 3.50. The Labute approximate surface area is 126 Å². The van der Waals surface area contributed by atoms with Gasteiger partial charge in [-0.05, 0) is 18.6 Å². The summed E-state index contributed by atoms with van der Waals surface area (Å²) in [6.07, 6.45) is 1.27. The molecule has 5 nitrogen and oxygen atoms in total. The van der Waals surface area contributed by atoms with E-state index in [2.05, 4.69) is 11.4 Å². The monoisotopic (exact) mass is 286 g/mol. The predicted octanol–water partition coefficient (Wildman–Crippen LogP) is 2.45. The van der Waals surface area contributed by atoms with Gasteiger partial charge < -0.3 is 15.1 Å². The predicted molar refractivity (Wildman–Crippen MR) is 83.0 cm³/mol. The number of aryl methyl sites for hydroxylation is 1. The van der Waals surface area contributed by atoms with Crippen LogP contribution >= 0.6 is 0 Å². The number of anilines is 1. The molecule has 1 aromatic rings. The fourth-order valence-corrected chi connectivity index (χ4v) is 2.60. The van der Waals surface area contributed by atoms with Crippen LogP contribution in [0.15, 0.2) is 24.3 Å². The number of benzene rings is 1. The first-order valence-electron chi connectivity index (χ1n) is 7.19. The van der Waals surface area contributed by atoms with E-state index in [1.54, 1.807) is 23.9 Å². The molecule has 5 heteroatoms. The van der Waals surface area contributed by atoms with Crippen molar-refractivity contribution in [1.82, 2.24) is 9.80 Å². The smallest absolute Gasteiger partial charge is 0.319 e. The maximum Gasteiger partial charge on any atom is 0.319 e. The van der Waals surface area contributed by atoms with Crippen LogP contribution in [0.4, 0.5) is 10.5 Å². The average molecular weight is 286 g/mol. The van der Waals surface area contributed by atoms with Crippen molar-refractivity contribution in [1.29, 1.82) is 5.26 Å². The molecule has 1 aliphatic rings. The van der Waals surface area contributed by atoms with Gasteiger partial charge in [-0.3, -0.25) is 0 Å². The highest BCUT2D eigenvalue weighted by molar-refractivity contribution is 5.74. The number of piperidine rings is 1. The SMILES string of the molecule is Cc1ccccc1NC1(C#N)CCN(C(=O)N(C)C)CC1. The number of amides is 2. The molecule has 1 saturated heterocycles. The second-order valence-corrected chi connectivity index (χ2v) is 5.80. The van der Waals surface area contributed by atoms with Crippen molar-refractivity contribution < 1.29 is 4.79 Å². The maximum atomic E-state index is 12.0. The molecule has 0 aliphatic carbocycles. The molecule has 1 aromatic carbocycles. The Kier molecular flexibility index (Phi) is 4.37. The minimum absolute atomic E-state index is 0.0115. The van der Waals surface area contributed by atoms with Crippen molar-refractivity contribution in [3.05, 3.63) is 29.8 Å². The summed E-state index contributed by atoms with van der Waals surface area (Å²) >= 11 is 0. The van der Waals surface area contributed by atoms with E-state index in [0.29, 0.717) is 25.9 Å². The molecule has 0 aromatic heterocycles. The molecule has 0 unspecified atom stereocenters. The molecule has 0 radical (unpaired) electrons. The summed E-state index contributed by atoms with van der Waals surface area (Å²) in [6, 6.07) is 10.4. The maximum absolute atomic E-state index is 12.0. The number of rotatable bonds is 2. The number of hydrogen-bond acceptors (Lipinski definition) is 3. The molecule has 1 aliphatic heterocycles. The van der Waals surface area contributed by atoms with Crippen molar-refractivity contribution in [3.63, 3.8) is 0 Å². The Morgan fingerprint density at radius 3 is 2.48 bits per heavy atom. The summed E-state index contributed by atoms with van der Waals surface area (Å²) in [5.41, 5.74) is 1.53. The molecule has 1 fully saturated rings. The van der Waals surface area contributed by atoms with Gasteiger partial charge in [0, 0.05) is 45.7 Å². The summed E-state index contributed by atoms with van der Waals surface area (Å²) in [6.45, 7) is 3.23. The van der Waals surface area contributed by atoms with E-state index in [9.17, 15) is 10.1 Å². The van der Waals surface area contributed by atoms with E-state index >= 15 is 0 Å². The van der Waals surface area contributed by atoms with E-state index in [1.165, 1.54) is 0 Å². The second-order valence-electron chi connectivity index (χ2n) is 5.80. The number of nitrogens with zero attached hydrogens (tertiary/aromatic N) is 3. The van der Waals surface area contributed by atoms with Crippen LogP contribution in [0.1, 0.15) is 18.4 Å². The van der Waals surface area contributed by atoms with Gasteiger partial charge in [0.25, 0.3) is 0 Å². The van der Waals surface area contributed by atoms with Gasteiger partial charge in [-0.1, -0.05) is 18.2 Å². The Morgan fingerprint density at radius 1 is 1.33 bits per heavy atom. The fourth-order valence-electron chi connectivity index (χ4n) is 2.60. The number of carbonyl (C=O) groups excluding carboxylic acids is 1. The second kappa shape index (κ2) is 6.04. The Hall–Kier alpha value is -2.22. The molecule has 1 heterocycles. The van der Waals surface area contributed by atoms with Gasteiger partial charge in [0.1, 0.15) is 5.54 Å². The minimum atomic E-state index is -0.588. The third kappa shape index (κ3) is 3.27. The normalized spacial score (nSPS) is 17.0. The first-order valence-corrected chi connectivity index (χ1v) is 7.19. The first kappa shape index (κ1) is 15.2. The lowest BCUT2D eigenvalue weighted by molar-refractivity contribution is 0.152. The van der Waals surface area contributed by atoms with Crippen LogP contribution in [0, 0.1) is 18.3 Å². The van der Waals surface area contributed by atoms with Crippen LogP contribution in [0.5, 0.6) is 0 Å². The molecule has 0 atom stereocenters. The lowest BCUT2D eigenvalue weighted by Gasteiger charge is -2.39. The van der Waals surface area contributed by atoms with Gasteiger partial charge in [0.05, 0.1) is 6.07 Å². The highest BCUT2D eigenvalue weighted by Gasteiger charge is 2.36. The topological polar surface area (TPSA) is 59.4 Å². The molecule has 0 saturated carbocycles. The standard InChI is InChI=1S/C16H22N4O/c1-13-6-4-5-7-14(13)18-16(12-17)8-10-20(11-9-16)15(21)19(2)3/h4-7,18H,8-11H2,1-3H3. The van der Waals surface area contributed by atoms with Gasteiger partial charge in [-0.15, -0.1) is 0 Å². The summed E-state index contributed by atoms with van der Waals surface area (Å²) in [5, 5.41) is 13.0. The number of nitrogens with one attached hydrogen (secondary N) is 1. The van der Waals surface area contributed by atoms with E-state index in [-0.39, 0.29) is 6.03 Å². The zero-order chi connectivity index (χ0) is 15.5. The van der Waals surface area contributed by atoms with E-state index in [0.717, 1.165) is 11.3 Å². The molecule has 21 heavy (non-hydrogen) atoms. The van der Waals surface area contributed by atoms with E-state index in [4.69, 9.17) is 0 Å². The lowest BCUT2D eigenvalue weighted by Crippen LogP contribution is -2.52. The van der Waals surface area contributed by atoms with Crippen LogP contribution < -0.4 is 5.32 Å². The number of urea groups is 1. The summed E-state index contributed by atoms with van der Waals surface area (Å²) in [5.74, 6) is 0. The van der Waals surface area contributed by atoms with Gasteiger partial charge in [-0.2, -0.15) is 5.26 Å². The number of carbonyl (C=O) groups is 1. The van der Waals surface area contributed by atoms with Crippen LogP contribution in [-0.2, 0) is 0 Å². The summed E-state index contributed by atoms with van der Waals surface area (Å²) in [4.78, 5) is 15.3. The van der Waals surface area contributed by atoms with Gasteiger partial charge in [-0.25, -0.2) is 4.79 Å². The molecule has 112 valence electrons. The van der Waals surface area contributed by atoms with Gasteiger partial charge in [0.15, 0.2) is 0 Å². The molecule has 2 rings (SSSR count). The van der Waals surface area contributed by atoms with Crippen LogP contribution in [0.25, 0.3) is 0 Å². The van der Waals surface area contributed by atoms with Crippen molar-refractivity contribution in [3.8, 4) is 6.07 Å². The van der Waals surface area contributed by atoms with Crippen molar-refractivity contribution in [2.45, 2.75) is 25.3 Å². The number of hydrogen-bond donors (Lipinski definition) is 1. The highest BCUT2D eigenvalue weighted by atomic mass is 16.2. The third-order valence-corrected chi connectivity index (χ3v) is 4.00. The molecular formula is C16H22N4O. The van der Waals surface area contributed by atoms with Crippen LogP contribution in [0.3, 0.4) is 0 Å². The van der Waals surface area contributed by atoms with E-state index < -0.39 is 5.54 Å². The van der Waals surface area contributed by atoms with Gasteiger partial charge in [0.2, 0.25) is 0 Å². The molecule has 1 N–H and O–H groups in total. The average Bonchev–Trinajstić information content (AvgIpc) is 2.49.